The summed E-state index contributed by atoms with van der Waals surface area (Å²) in [5, 5.41) is 2.96. The molecule has 1 aliphatic rings. The van der Waals surface area contributed by atoms with Gasteiger partial charge < -0.3 is 15.0 Å². The normalized spacial score (nSPS) is 14.7. The van der Waals surface area contributed by atoms with Crippen molar-refractivity contribution >= 4 is 11.8 Å². The molecular weight excluding hydrogens is 344 g/mol. The number of hydrogen-bond acceptors (Lipinski definition) is 5. The summed E-state index contributed by atoms with van der Waals surface area (Å²) in [6, 6.07) is 5.85. The number of likely N-dealkylation sites (tertiary alicyclic amines) is 1. The van der Waals surface area contributed by atoms with Crippen molar-refractivity contribution in [2.45, 2.75) is 32.7 Å². The Hall–Kier alpha value is -2.96. The second-order valence-electron chi connectivity index (χ2n) is 6.71. The average Bonchev–Trinajstić information content (AvgIpc) is 2.70. The van der Waals surface area contributed by atoms with Gasteiger partial charge >= 0.3 is 0 Å². The molecule has 0 saturated carbocycles. The van der Waals surface area contributed by atoms with Crippen molar-refractivity contribution in [2.24, 2.45) is 0 Å². The van der Waals surface area contributed by atoms with Crippen LogP contribution >= 0.6 is 0 Å². The van der Waals surface area contributed by atoms with Gasteiger partial charge in [0.25, 0.3) is 11.8 Å². The van der Waals surface area contributed by atoms with Gasteiger partial charge in [-0.25, -0.2) is 4.98 Å². The molecule has 0 spiro atoms. The van der Waals surface area contributed by atoms with Gasteiger partial charge in [-0.05, 0) is 43.9 Å². The zero-order valence-electron chi connectivity index (χ0n) is 15.6. The third kappa shape index (κ3) is 4.81. The highest BCUT2D eigenvalue weighted by Crippen LogP contribution is 2.20. The van der Waals surface area contributed by atoms with Crippen molar-refractivity contribution in [1.82, 2.24) is 20.2 Å². The number of ether oxygens (including phenoxy) is 1. The van der Waals surface area contributed by atoms with Gasteiger partial charge in [-0.1, -0.05) is 12.1 Å². The van der Waals surface area contributed by atoms with Crippen molar-refractivity contribution in [3.63, 3.8) is 0 Å². The molecule has 3 rings (SSSR count). The Kier molecular flexibility index (Phi) is 6.01. The fraction of sp³-hybridized carbons (Fsp3) is 0.400. The van der Waals surface area contributed by atoms with Crippen molar-refractivity contribution in [3.8, 4) is 5.75 Å². The second-order valence-corrected chi connectivity index (χ2v) is 6.71. The molecule has 1 aromatic carbocycles. The lowest BCUT2D eigenvalue weighted by atomic mass is 10.0. The third-order valence-corrected chi connectivity index (χ3v) is 4.88. The van der Waals surface area contributed by atoms with Crippen LogP contribution in [0.15, 0.2) is 36.8 Å². The molecule has 0 bridgehead atoms. The Bertz CT molecular complexity index is 802. The van der Waals surface area contributed by atoms with Gasteiger partial charge in [-0.2, -0.15) is 0 Å². The average molecular weight is 368 g/mol. The topological polar surface area (TPSA) is 84.4 Å². The van der Waals surface area contributed by atoms with Crippen LogP contribution in [0.1, 0.15) is 34.5 Å². The van der Waals surface area contributed by atoms with E-state index in [4.69, 9.17) is 4.74 Å². The van der Waals surface area contributed by atoms with E-state index >= 15 is 0 Å². The molecule has 1 aromatic heterocycles. The van der Waals surface area contributed by atoms with Crippen LogP contribution in [0.5, 0.6) is 5.75 Å². The van der Waals surface area contributed by atoms with E-state index < -0.39 is 0 Å². The fourth-order valence-corrected chi connectivity index (χ4v) is 3.06. The maximum Gasteiger partial charge on any atom is 0.271 e. The lowest BCUT2D eigenvalue weighted by Crippen LogP contribution is -2.47. The standard InChI is InChI=1S/C20H24N4O3/c1-14-4-3-5-18(15(14)2)27-13-19(25)24-10-6-16(7-11-24)23-20(26)17-12-21-8-9-22-17/h3-5,8-9,12,16H,6-7,10-11,13H2,1-2H3,(H,23,26). The number of aryl methyl sites for hydroxylation is 1. The summed E-state index contributed by atoms with van der Waals surface area (Å²) in [5.41, 5.74) is 2.49. The van der Waals surface area contributed by atoms with Gasteiger partial charge in [0.05, 0.1) is 6.20 Å². The van der Waals surface area contributed by atoms with E-state index in [1.165, 1.54) is 18.6 Å². The van der Waals surface area contributed by atoms with Crippen LogP contribution in [0, 0.1) is 13.8 Å². The number of nitrogens with one attached hydrogen (secondary N) is 1. The predicted octanol–water partition coefficient (Wildman–Crippen LogP) is 1.89. The Morgan fingerprint density at radius 3 is 2.70 bits per heavy atom. The summed E-state index contributed by atoms with van der Waals surface area (Å²) in [6.45, 7) is 5.23. The van der Waals surface area contributed by atoms with Crippen molar-refractivity contribution < 1.29 is 14.3 Å². The first-order chi connectivity index (χ1) is 13.0. The lowest BCUT2D eigenvalue weighted by molar-refractivity contribution is -0.134. The van der Waals surface area contributed by atoms with E-state index in [0.717, 1.165) is 16.9 Å². The zero-order chi connectivity index (χ0) is 19.2. The molecule has 0 unspecified atom stereocenters. The molecule has 0 atom stereocenters. The molecule has 1 fully saturated rings. The number of piperidine rings is 1. The van der Waals surface area contributed by atoms with Gasteiger partial charge in [0, 0.05) is 31.5 Å². The van der Waals surface area contributed by atoms with E-state index in [0.29, 0.717) is 31.6 Å². The zero-order valence-corrected chi connectivity index (χ0v) is 15.6. The van der Waals surface area contributed by atoms with Crippen LogP contribution in [0.3, 0.4) is 0 Å². The minimum Gasteiger partial charge on any atom is -0.483 e. The quantitative estimate of drug-likeness (QED) is 0.871. The van der Waals surface area contributed by atoms with Crippen LogP contribution in [0.25, 0.3) is 0 Å². The fourth-order valence-electron chi connectivity index (χ4n) is 3.06. The molecule has 27 heavy (non-hydrogen) atoms. The van der Waals surface area contributed by atoms with Gasteiger partial charge in [0.15, 0.2) is 6.61 Å². The first-order valence-electron chi connectivity index (χ1n) is 9.08. The molecule has 1 N–H and O–H groups in total. The van der Waals surface area contributed by atoms with Crippen LogP contribution in [0.2, 0.25) is 0 Å². The highest BCUT2D eigenvalue weighted by atomic mass is 16.5. The number of benzene rings is 1. The number of nitrogens with zero attached hydrogens (tertiary/aromatic N) is 3. The Morgan fingerprint density at radius 1 is 1.22 bits per heavy atom. The van der Waals surface area contributed by atoms with Crippen LogP contribution in [0.4, 0.5) is 0 Å². The minimum atomic E-state index is -0.230. The maximum absolute atomic E-state index is 12.4. The molecule has 2 aromatic rings. The molecule has 142 valence electrons. The summed E-state index contributed by atoms with van der Waals surface area (Å²) < 4.78 is 5.71. The molecule has 2 heterocycles. The molecule has 7 heteroatoms. The summed E-state index contributed by atoms with van der Waals surface area (Å²) in [6.07, 6.45) is 5.88. The Morgan fingerprint density at radius 2 is 2.00 bits per heavy atom. The molecule has 1 aliphatic heterocycles. The van der Waals surface area contributed by atoms with Crippen LogP contribution < -0.4 is 10.1 Å². The molecule has 0 radical (unpaired) electrons. The van der Waals surface area contributed by atoms with Crippen molar-refractivity contribution in [2.75, 3.05) is 19.7 Å². The Labute approximate surface area is 158 Å². The van der Waals surface area contributed by atoms with E-state index in [-0.39, 0.29) is 24.5 Å². The molecule has 2 amide bonds. The van der Waals surface area contributed by atoms with E-state index in [1.807, 2.05) is 32.0 Å². The van der Waals surface area contributed by atoms with Gasteiger partial charge in [-0.15, -0.1) is 0 Å². The SMILES string of the molecule is Cc1cccc(OCC(=O)N2CCC(NC(=O)c3cnccn3)CC2)c1C. The largest absolute Gasteiger partial charge is 0.483 e. The molecule has 0 aliphatic carbocycles. The number of amides is 2. The summed E-state index contributed by atoms with van der Waals surface area (Å²) in [5.74, 6) is 0.482. The van der Waals surface area contributed by atoms with Crippen LogP contribution in [-0.4, -0.2) is 52.4 Å². The minimum absolute atomic E-state index is 0.0287. The smallest absolute Gasteiger partial charge is 0.271 e. The van der Waals surface area contributed by atoms with Crippen molar-refractivity contribution in [3.05, 3.63) is 53.6 Å². The molecule has 1 saturated heterocycles. The maximum atomic E-state index is 12.4. The second kappa shape index (κ2) is 8.62. The predicted molar refractivity (Wildman–Crippen MR) is 101 cm³/mol. The van der Waals surface area contributed by atoms with Gasteiger partial charge in [0.2, 0.25) is 0 Å². The monoisotopic (exact) mass is 368 g/mol. The number of carbonyl (C=O) groups is 2. The van der Waals surface area contributed by atoms with Crippen LogP contribution in [-0.2, 0) is 4.79 Å². The number of rotatable bonds is 5. The molecular formula is C20H24N4O3. The first kappa shape index (κ1) is 18.8. The number of aromatic nitrogens is 2. The highest BCUT2D eigenvalue weighted by Gasteiger charge is 2.24. The first-order valence-corrected chi connectivity index (χ1v) is 9.08. The van der Waals surface area contributed by atoms with Gasteiger partial charge in [-0.3, -0.25) is 14.6 Å². The summed E-state index contributed by atoms with van der Waals surface area (Å²) in [7, 11) is 0. The van der Waals surface area contributed by atoms with Crippen molar-refractivity contribution in [1.29, 1.82) is 0 Å². The Balaban J connectivity index is 1.45. The summed E-state index contributed by atoms with van der Waals surface area (Å²) in [4.78, 5) is 34.2. The lowest BCUT2D eigenvalue weighted by Gasteiger charge is -2.32. The van der Waals surface area contributed by atoms with E-state index in [2.05, 4.69) is 15.3 Å². The number of carbonyl (C=O) groups excluding carboxylic acids is 2. The van der Waals surface area contributed by atoms with E-state index in [1.54, 1.807) is 4.90 Å². The van der Waals surface area contributed by atoms with E-state index in [9.17, 15) is 9.59 Å². The summed E-state index contributed by atoms with van der Waals surface area (Å²) >= 11 is 0. The highest BCUT2D eigenvalue weighted by molar-refractivity contribution is 5.92. The van der Waals surface area contributed by atoms with Gasteiger partial charge in [0.1, 0.15) is 11.4 Å². The molecule has 7 nitrogen and oxygen atoms in total. The number of hydrogen-bond donors (Lipinski definition) is 1. The third-order valence-electron chi connectivity index (χ3n) is 4.88.